The highest BCUT2D eigenvalue weighted by Crippen LogP contribution is 2.28. The van der Waals surface area contributed by atoms with Gasteiger partial charge in [-0.05, 0) is 52.9 Å². The van der Waals surface area contributed by atoms with Gasteiger partial charge in [0.2, 0.25) is 0 Å². The van der Waals surface area contributed by atoms with Crippen LogP contribution in [-0.4, -0.2) is 33.3 Å². The minimum absolute atomic E-state index is 0.0660. The van der Waals surface area contributed by atoms with E-state index in [0.717, 1.165) is 33.3 Å². The molecule has 0 amide bonds. The van der Waals surface area contributed by atoms with Crippen molar-refractivity contribution in [2.75, 3.05) is 6.61 Å². The summed E-state index contributed by atoms with van der Waals surface area (Å²) in [4.78, 5) is 22.4. The van der Waals surface area contributed by atoms with E-state index in [-0.39, 0.29) is 12.8 Å². The van der Waals surface area contributed by atoms with Crippen LogP contribution in [0.2, 0.25) is 0 Å². The van der Waals surface area contributed by atoms with Gasteiger partial charge >= 0.3 is 11.9 Å². The molecular weight excluding hydrogens is 466 g/mol. The van der Waals surface area contributed by atoms with Crippen LogP contribution in [0.3, 0.4) is 0 Å². The van der Waals surface area contributed by atoms with Crippen molar-refractivity contribution in [3.63, 3.8) is 0 Å². The number of rotatable bonds is 12. The lowest BCUT2D eigenvalue weighted by Gasteiger charge is -2.05. The second kappa shape index (κ2) is 12.4. The van der Waals surface area contributed by atoms with Crippen molar-refractivity contribution in [2.24, 2.45) is 0 Å². The maximum atomic E-state index is 11.5. The van der Waals surface area contributed by atoms with Crippen molar-refractivity contribution < 1.29 is 24.5 Å². The van der Waals surface area contributed by atoms with Crippen LogP contribution in [0.5, 0.6) is 5.75 Å². The second-order valence-corrected chi connectivity index (χ2v) is 8.68. The Bertz CT molecular complexity index is 1420. The van der Waals surface area contributed by atoms with E-state index in [1.54, 1.807) is 0 Å². The van der Waals surface area contributed by atoms with Gasteiger partial charge in [0.15, 0.2) is 0 Å². The van der Waals surface area contributed by atoms with E-state index in [1.807, 2.05) is 108 Å². The highest BCUT2D eigenvalue weighted by Gasteiger charge is 2.14. The Labute approximate surface area is 215 Å². The molecular formula is C31H29NO5. The van der Waals surface area contributed by atoms with Crippen molar-refractivity contribution in [3.05, 3.63) is 107 Å². The van der Waals surface area contributed by atoms with Crippen LogP contribution >= 0.6 is 0 Å². The average Bonchev–Trinajstić information content (AvgIpc) is 3.23. The standard InChI is InChI=1S/C31H29NO5/c33-29(34)12-5-19-32-22-26(21-30(35)36)31-25(10-4-11-28(31)32)16-13-24-14-17-27(18-15-24)37-20-6-9-23-7-2-1-3-8-23/h1-4,6-11,13-18,22H,5,12,19-21H2,(H,33,34)(H,35,36). The van der Waals surface area contributed by atoms with Crippen molar-refractivity contribution in [2.45, 2.75) is 25.8 Å². The SMILES string of the molecule is O=C(O)CCCn1cc(CC(=O)O)c2c(C=Cc3ccc(OCC=Cc4ccccc4)cc3)cccc21. The number of hydrogen-bond acceptors (Lipinski definition) is 3. The first-order valence-corrected chi connectivity index (χ1v) is 12.2. The minimum Gasteiger partial charge on any atom is -0.490 e. The Kier molecular flexibility index (Phi) is 8.55. The smallest absolute Gasteiger partial charge is 0.307 e. The van der Waals surface area contributed by atoms with Crippen molar-refractivity contribution in [1.29, 1.82) is 0 Å². The Morgan fingerprint density at radius 1 is 0.811 bits per heavy atom. The molecule has 0 saturated heterocycles. The number of fused-ring (bicyclic) bond motifs is 1. The maximum Gasteiger partial charge on any atom is 0.307 e. The summed E-state index contributed by atoms with van der Waals surface area (Å²) in [6.07, 6.45) is 10.2. The fraction of sp³-hybridized carbons (Fsp3) is 0.161. The molecule has 0 aliphatic heterocycles. The summed E-state index contributed by atoms with van der Waals surface area (Å²) in [5.41, 5.74) is 4.65. The molecule has 6 heteroatoms. The molecule has 4 aromatic rings. The number of benzene rings is 3. The highest BCUT2D eigenvalue weighted by molar-refractivity contribution is 5.96. The monoisotopic (exact) mass is 495 g/mol. The van der Waals surface area contributed by atoms with Crippen molar-refractivity contribution >= 4 is 41.1 Å². The normalized spacial score (nSPS) is 11.5. The fourth-order valence-electron chi connectivity index (χ4n) is 4.24. The van der Waals surface area contributed by atoms with Crippen LogP contribution < -0.4 is 4.74 Å². The summed E-state index contributed by atoms with van der Waals surface area (Å²) < 4.78 is 7.75. The fourth-order valence-corrected chi connectivity index (χ4v) is 4.24. The first-order valence-electron chi connectivity index (χ1n) is 12.2. The molecule has 188 valence electrons. The summed E-state index contributed by atoms with van der Waals surface area (Å²) in [6, 6.07) is 23.7. The van der Waals surface area contributed by atoms with Gasteiger partial charge in [-0.15, -0.1) is 0 Å². The van der Waals surface area contributed by atoms with Crippen LogP contribution in [0, 0.1) is 0 Å². The van der Waals surface area contributed by atoms with Gasteiger partial charge < -0.3 is 19.5 Å². The topological polar surface area (TPSA) is 88.8 Å². The van der Waals surface area contributed by atoms with E-state index in [9.17, 15) is 14.7 Å². The molecule has 37 heavy (non-hydrogen) atoms. The first-order chi connectivity index (χ1) is 18.0. The lowest BCUT2D eigenvalue weighted by Crippen LogP contribution is -2.01. The van der Waals surface area contributed by atoms with E-state index in [1.165, 1.54) is 0 Å². The van der Waals surface area contributed by atoms with Crippen LogP contribution in [0.25, 0.3) is 29.1 Å². The van der Waals surface area contributed by atoms with Gasteiger partial charge in [-0.3, -0.25) is 9.59 Å². The van der Waals surface area contributed by atoms with Gasteiger partial charge in [0.05, 0.1) is 6.42 Å². The number of carbonyl (C=O) groups is 2. The van der Waals surface area contributed by atoms with E-state index in [2.05, 4.69) is 0 Å². The number of carboxylic acids is 2. The van der Waals surface area contributed by atoms with Crippen LogP contribution in [0.1, 0.15) is 35.1 Å². The second-order valence-electron chi connectivity index (χ2n) is 8.68. The molecule has 0 atom stereocenters. The van der Waals surface area contributed by atoms with Crippen LogP contribution in [-0.2, 0) is 22.6 Å². The molecule has 4 rings (SSSR count). The number of carboxylic acid groups (broad SMARTS) is 2. The molecule has 3 aromatic carbocycles. The Hall–Kier alpha value is -4.58. The van der Waals surface area contributed by atoms with Crippen molar-refractivity contribution in [3.8, 4) is 5.75 Å². The molecule has 0 unspecified atom stereocenters. The molecule has 0 fully saturated rings. The molecule has 0 saturated carbocycles. The lowest BCUT2D eigenvalue weighted by atomic mass is 10.0. The zero-order chi connectivity index (χ0) is 26.0. The van der Waals surface area contributed by atoms with Gasteiger partial charge in [-0.2, -0.15) is 0 Å². The molecule has 0 radical (unpaired) electrons. The van der Waals surface area contributed by atoms with Gasteiger partial charge in [0.25, 0.3) is 0 Å². The van der Waals surface area contributed by atoms with Crippen molar-refractivity contribution in [1.82, 2.24) is 4.57 Å². The van der Waals surface area contributed by atoms with Gasteiger partial charge in [0, 0.05) is 30.1 Å². The third-order valence-electron chi connectivity index (χ3n) is 5.94. The molecule has 0 aliphatic rings. The third-order valence-corrected chi connectivity index (χ3v) is 5.94. The number of aromatic nitrogens is 1. The number of hydrogen-bond donors (Lipinski definition) is 2. The number of nitrogens with zero attached hydrogens (tertiary/aromatic N) is 1. The summed E-state index contributed by atoms with van der Waals surface area (Å²) in [6.45, 7) is 0.986. The molecule has 2 N–H and O–H groups in total. The molecule has 1 heterocycles. The van der Waals surface area contributed by atoms with E-state index in [0.29, 0.717) is 25.1 Å². The molecule has 0 aliphatic carbocycles. The summed E-state index contributed by atoms with van der Waals surface area (Å²) >= 11 is 0. The summed E-state index contributed by atoms with van der Waals surface area (Å²) in [7, 11) is 0. The molecule has 0 spiro atoms. The Balaban J connectivity index is 1.47. The Morgan fingerprint density at radius 2 is 1.57 bits per heavy atom. The average molecular weight is 496 g/mol. The first kappa shape index (κ1) is 25.5. The van der Waals surface area contributed by atoms with Gasteiger partial charge in [-0.25, -0.2) is 0 Å². The largest absolute Gasteiger partial charge is 0.490 e. The molecule has 0 bridgehead atoms. The number of aliphatic carboxylic acids is 2. The summed E-state index contributed by atoms with van der Waals surface area (Å²) in [5.74, 6) is -0.970. The third kappa shape index (κ3) is 7.21. The molecule has 1 aromatic heterocycles. The molecule has 6 nitrogen and oxygen atoms in total. The van der Waals surface area contributed by atoms with Gasteiger partial charge in [-0.1, -0.05) is 72.8 Å². The van der Waals surface area contributed by atoms with Gasteiger partial charge in [0.1, 0.15) is 12.4 Å². The van der Waals surface area contributed by atoms with Crippen LogP contribution in [0.4, 0.5) is 0 Å². The van der Waals surface area contributed by atoms with Crippen LogP contribution in [0.15, 0.2) is 85.1 Å². The predicted octanol–water partition coefficient (Wildman–Crippen LogP) is 6.40. The summed E-state index contributed by atoms with van der Waals surface area (Å²) in [5, 5.41) is 19.3. The highest BCUT2D eigenvalue weighted by atomic mass is 16.5. The maximum absolute atomic E-state index is 11.5. The van der Waals surface area contributed by atoms with E-state index < -0.39 is 11.9 Å². The van der Waals surface area contributed by atoms with E-state index in [4.69, 9.17) is 9.84 Å². The lowest BCUT2D eigenvalue weighted by molar-refractivity contribution is -0.137. The zero-order valence-electron chi connectivity index (χ0n) is 20.4. The Morgan fingerprint density at radius 3 is 2.30 bits per heavy atom. The predicted molar refractivity (Wildman–Crippen MR) is 146 cm³/mol. The number of aryl methyl sites for hydroxylation is 1. The quantitative estimate of drug-likeness (QED) is 0.222. The van der Waals surface area contributed by atoms with E-state index >= 15 is 0 Å². The zero-order valence-corrected chi connectivity index (χ0v) is 20.4. The minimum atomic E-state index is -0.905. The number of ether oxygens (including phenoxy) is 1.